The van der Waals surface area contributed by atoms with E-state index in [2.05, 4.69) is 5.32 Å². The maximum Gasteiger partial charge on any atom is 0.410 e. The molecule has 8 heteroatoms. The van der Waals surface area contributed by atoms with Crippen LogP contribution in [-0.2, 0) is 14.3 Å². The molecule has 0 unspecified atom stereocenters. The largest absolute Gasteiger partial charge is 0.444 e. The first-order chi connectivity index (χ1) is 12.5. The molecule has 0 aromatic carbocycles. The number of nitrogens with one attached hydrogen (secondary N) is 1. The standard InChI is InChI=1S/C19H31N3O5/c1-17(2,3)26-15(24)21-13-4-11-22(12-13)16(25)27-19-8-5-18(6-9-19,7-10-19)14(20)23/h13H,4-12H2,1-3H3,(H2,20,23)(H,21,24)/t13-,18?,19?/m1/s1. The van der Waals surface area contributed by atoms with Crippen LogP contribution < -0.4 is 11.1 Å². The molecule has 3 aliphatic carbocycles. The zero-order valence-corrected chi connectivity index (χ0v) is 16.5. The van der Waals surface area contributed by atoms with Gasteiger partial charge in [-0.2, -0.15) is 0 Å². The molecule has 1 aliphatic heterocycles. The van der Waals surface area contributed by atoms with Crippen molar-refractivity contribution < 1.29 is 23.9 Å². The molecular weight excluding hydrogens is 350 g/mol. The van der Waals surface area contributed by atoms with Crippen LogP contribution in [0.1, 0.15) is 65.7 Å². The van der Waals surface area contributed by atoms with Gasteiger partial charge in [0.1, 0.15) is 11.2 Å². The molecule has 0 aromatic heterocycles. The summed E-state index contributed by atoms with van der Waals surface area (Å²) >= 11 is 0. The highest BCUT2D eigenvalue weighted by atomic mass is 16.6. The molecule has 27 heavy (non-hydrogen) atoms. The Morgan fingerprint density at radius 2 is 1.67 bits per heavy atom. The van der Waals surface area contributed by atoms with E-state index in [1.54, 1.807) is 4.90 Å². The van der Waals surface area contributed by atoms with Crippen molar-refractivity contribution in [1.82, 2.24) is 10.2 Å². The SMILES string of the molecule is CC(C)(C)OC(=O)N[C@@H]1CCN(C(=O)OC23CCC(C(N)=O)(CC2)CC3)C1. The molecule has 4 aliphatic rings. The highest BCUT2D eigenvalue weighted by Crippen LogP contribution is 2.53. The second-order valence-corrected chi connectivity index (χ2v) is 9.27. The molecule has 0 aromatic rings. The highest BCUT2D eigenvalue weighted by Gasteiger charge is 2.54. The third-order valence-electron chi connectivity index (χ3n) is 6.17. The van der Waals surface area contributed by atoms with Gasteiger partial charge >= 0.3 is 12.2 Å². The lowest BCUT2D eigenvalue weighted by atomic mass is 9.58. The van der Waals surface area contributed by atoms with E-state index in [0.29, 0.717) is 58.0 Å². The topological polar surface area (TPSA) is 111 Å². The van der Waals surface area contributed by atoms with Gasteiger partial charge in [-0.15, -0.1) is 0 Å². The number of nitrogens with zero attached hydrogens (tertiary/aromatic N) is 1. The van der Waals surface area contributed by atoms with Gasteiger partial charge in [0.2, 0.25) is 5.91 Å². The van der Waals surface area contributed by atoms with Crippen LogP contribution in [0, 0.1) is 5.41 Å². The highest BCUT2D eigenvalue weighted by molar-refractivity contribution is 5.81. The summed E-state index contributed by atoms with van der Waals surface area (Å²) in [6, 6.07) is -0.134. The zero-order valence-electron chi connectivity index (χ0n) is 16.5. The van der Waals surface area contributed by atoms with Crippen molar-refractivity contribution in [2.45, 2.75) is 83.0 Å². The lowest BCUT2D eigenvalue weighted by Crippen LogP contribution is -2.54. The third kappa shape index (κ3) is 4.30. The quantitative estimate of drug-likeness (QED) is 0.779. The van der Waals surface area contributed by atoms with E-state index >= 15 is 0 Å². The summed E-state index contributed by atoms with van der Waals surface area (Å²) in [5.41, 5.74) is 4.16. The predicted octanol–water partition coefficient (Wildman–Crippen LogP) is 2.30. The number of carbonyl (C=O) groups excluding carboxylic acids is 3. The zero-order chi connectivity index (χ0) is 19.9. The van der Waals surface area contributed by atoms with Crippen molar-refractivity contribution in [2.75, 3.05) is 13.1 Å². The van der Waals surface area contributed by atoms with Crippen LogP contribution >= 0.6 is 0 Å². The van der Waals surface area contributed by atoms with E-state index in [1.165, 1.54) is 0 Å². The lowest BCUT2D eigenvalue weighted by Gasteiger charge is -2.51. The molecule has 0 radical (unpaired) electrons. The molecule has 1 atom stereocenters. The molecule has 4 fully saturated rings. The molecule has 0 spiro atoms. The van der Waals surface area contributed by atoms with Crippen molar-refractivity contribution in [1.29, 1.82) is 0 Å². The van der Waals surface area contributed by atoms with Crippen molar-refractivity contribution in [3.05, 3.63) is 0 Å². The molecule has 4 rings (SSSR count). The van der Waals surface area contributed by atoms with Gasteiger partial charge in [0.15, 0.2) is 0 Å². The van der Waals surface area contributed by atoms with Crippen LogP contribution in [0.5, 0.6) is 0 Å². The number of alkyl carbamates (subject to hydrolysis) is 1. The van der Waals surface area contributed by atoms with Crippen molar-refractivity contribution in [3.8, 4) is 0 Å². The number of hydrogen-bond donors (Lipinski definition) is 2. The van der Waals surface area contributed by atoms with Crippen LogP contribution in [0.15, 0.2) is 0 Å². The van der Waals surface area contributed by atoms with Crippen LogP contribution in [0.4, 0.5) is 9.59 Å². The maximum atomic E-state index is 12.6. The number of ether oxygens (including phenoxy) is 2. The fourth-order valence-corrected chi connectivity index (χ4v) is 4.44. The van der Waals surface area contributed by atoms with E-state index in [-0.39, 0.29) is 18.0 Å². The second kappa shape index (κ2) is 6.87. The minimum atomic E-state index is -0.553. The molecule has 3 saturated carbocycles. The minimum absolute atomic E-state index is 0.134. The summed E-state index contributed by atoms with van der Waals surface area (Å²) < 4.78 is 11.2. The van der Waals surface area contributed by atoms with E-state index in [0.717, 1.165) is 0 Å². The van der Waals surface area contributed by atoms with E-state index in [9.17, 15) is 14.4 Å². The average molecular weight is 381 g/mol. The van der Waals surface area contributed by atoms with Gasteiger partial charge in [0.05, 0.1) is 6.04 Å². The van der Waals surface area contributed by atoms with Gasteiger partial charge in [-0.25, -0.2) is 9.59 Å². The van der Waals surface area contributed by atoms with Gasteiger partial charge < -0.3 is 25.4 Å². The van der Waals surface area contributed by atoms with Crippen LogP contribution in [0.25, 0.3) is 0 Å². The molecule has 1 heterocycles. The van der Waals surface area contributed by atoms with Crippen molar-refractivity contribution >= 4 is 18.1 Å². The fourth-order valence-electron chi connectivity index (χ4n) is 4.44. The van der Waals surface area contributed by atoms with Gasteiger partial charge in [-0.3, -0.25) is 4.79 Å². The molecule has 2 bridgehead atoms. The van der Waals surface area contributed by atoms with Crippen LogP contribution in [0.2, 0.25) is 0 Å². The Hall–Kier alpha value is -1.99. The molecule has 3 N–H and O–H groups in total. The Labute approximate surface area is 160 Å². The molecule has 1 saturated heterocycles. The second-order valence-electron chi connectivity index (χ2n) is 9.27. The van der Waals surface area contributed by atoms with Crippen molar-refractivity contribution in [3.63, 3.8) is 0 Å². The first kappa shape index (κ1) is 19.8. The number of fused-ring (bicyclic) bond motifs is 3. The Morgan fingerprint density at radius 1 is 1.07 bits per heavy atom. The summed E-state index contributed by atoms with van der Waals surface area (Å²) in [5.74, 6) is -0.224. The van der Waals surface area contributed by atoms with Gasteiger partial charge in [-0.1, -0.05) is 0 Å². The molecule has 8 nitrogen and oxygen atoms in total. The Kier molecular flexibility index (Phi) is 5.03. The number of primary amides is 1. The summed E-state index contributed by atoms with van der Waals surface area (Å²) in [6.45, 7) is 6.39. The number of nitrogens with two attached hydrogens (primary N) is 1. The Morgan fingerprint density at radius 3 is 2.19 bits per heavy atom. The molecule has 152 valence electrons. The fraction of sp³-hybridized carbons (Fsp3) is 0.842. The van der Waals surface area contributed by atoms with Crippen LogP contribution in [0.3, 0.4) is 0 Å². The first-order valence-electron chi connectivity index (χ1n) is 9.80. The minimum Gasteiger partial charge on any atom is -0.444 e. The Bertz CT molecular complexity index is 603. The number of carbonyl (C=O) groups is 3. The molecular formula is C19H31N3O5. The number of hydrogen-bond acceptors (Lipinski definition) is 5. The van der Waals surface area contributed by atoms with Gasteiger partial charge in [0, 0.05) is 18.5 Å². The summed E-state index contributed by atoms with van der Waals surface area (Å²) in [5, 5.41) is 2.81. The monoisotopic (exact) mass is 381 g/mol. The normalized spacial score (nSPS) is 32.9. The Balaban J connectivity index is 1.49. The maximum absolute atomic E-state index is 12.6. The van der Waals surface area contributed by atoms with Crippen molar-refractivity contribution in [2.24, 2.45) is 11.1 Å². The number of amides is 3. The smallest absolute Gasteiger partial charge is 0.410 e. The molecule has 3 amide bonds. The third-order valence-corrected chi connectivity index (χ3v) is 6.17. The van der Waals surface area contributed by atoms with Gasteiger partial charge in [0.25, 0.3) is 0 Å². The number of rotatable bonds is 3. The van der Waals surface area contributed by atoms with E-state index in [4.69, 9.17) is 15.2 Å². The van der Waals surface area contributed by atoms with E-state index < -0.39 is 22.7 Å². The van der Waals surface area contributed by atoms with E-state index in [1.807, 2.05) is 20.8 Å². The predicted molar refractivity (Wildman–Crippen MR) is 97.9 cm³/mol. The summed E-state index contributed by atoms with van der Waals surface area (Å²) in [4.78, 5) is 37.9. The van der Waals surface area contributed by atoms with Gasteiger partial charge in [-0.05, 0) is 65.7 Å². The average Bonchev–Trinajstić information content (AvgIpc) is 3.03. The van der Waals surface area contributed by atoms with Crippen LogP contribution in [-0.4, -0.2) is 53.3 Å². The number of likely N-dealkylation sites (tertiary alicyclic amines) is 1. The summed E-state index contributed by atoms with van der Waals surface area (Å²) in [6.07, 6.45) is 4.02. The lowest BCUT2D eigenvalue weighted by molar-refractivity contribution is -0.146. The summed E-state index contributed by atoms with van der Waals surface area (Å²) in [7, 11) is 0. The first-order valence-corrected chi connectivity index (χ1v) is 9.80.